The third-order valence-corrected chi connectivity index (χ3v) is 9.28. The fourth-order valence-electron chi connectivity index (χ4n) is 6.98. The number of aromatic nitrogens is 6. The topological polar surface area (TPSA) is 190 Å². The SMILES string of the molecule is COc1c2cccc1Cc1cc(Nc3nc(N)nc(Cl)n3)cc(c1OC)Cc1cccc(c1OC)Cc1cc(Nc3nc(N)nc(Cl)n3)cc(c1OC)C2. The van der Waals surface area contributed by atoms with E-state index in [0.29, 0.717) is 37.1 Å². The average Bonchev–Trinajstić information content (AvgIpc) is 3.11. The number of para-hydroxylation sites is 2. The number of hydrogen-bond acceptors (Lipinski definition) is 14. The quantitative estimate of drug-likeness (QED) is 0.127. The number of rotatable bonds is 8. The molecule has 0 fully saturated rings. The second-order valence-corrected chi connectivity index (χ2v) is 13.1. The van der Waals surface area contributed by atoms with E-state index in [1.165, 1.54) is 0 Å². The molecule has 0 saturated heterocycles. The maximum absolute atomic E-state index is 6.15. The zero-order chi connectivity index (χ0) is 37.9. The first-order valence-electron chi connectivity index (χ1n) is 16.7. The van der Waals surface area contributed by atoms with Gasteiger partial charge in [-0.15, -0.1) is 0 Å². The summed E-state index contributed by atoms with van der Waals surface area (Å²) in [4.78, 5) is 24.7. The van der Waals surface area contributed by atoms with E-state index in [1.807, 2.05) is 60.7 Å². The van der Waals surface area contributed by atoms with Gasteiger partial charge in [0.15, 0.2) is 0 Å². The molecule has 6 aromatic rings. The van der Waals surface area contributed by atoms with E-state index < -0.39 is 0 Å². The van der Waals surface area contributed by atoms with E-state index in [-0.39, 0.29) is 34.4 Å². The summed E-state index contributed by atoms with van der Waals surface area (Å²) in [6, 6.07) is 20.2. The number of nitrogens with one attached hydrogen (secondary N) is 2. The Bertz CT molecular complexity index is 2080. The molecule has 8 bridgehead atoms. The van der Waals surface area contributed by atoms with Crippen molar-refractivity contribution in [1.29, 1.82) is 0 Å². The number of nitrogens with two attached hydrogens (primary N) is 2. The van der Waals surface area contributed by atoms with Gasteiger partial charge in [-0.1, -0.05) is 36.4 Å². The van der Waals surface area contributed by atoms with Gasteiger partial charge in [0.25, 0.3) is 0 Å². The standard InChI is InChI=1S/C38H36Cl2N10O4/c1-51-29-19-7-5-8-20(29)12-24-16-28(44-38-48-34(40)46-36(42)50-38)18-26(32(24)54-4)14-22-10-6-9-21(30(22)52-2)13-25-17-27(15-23(11-19)31(25)53-3)43-37-47-33(39)45-35(41)49-37/h5-10,15-18H,11-14H2,1-4H3,(H3,41,43,45,47,49)(H3,42,44,46,48,50). The van der Waals surface area contributed by atoms with Crippen LogP contribution in [-0.2, 0) is 25.7 Å². The van der Waals surface area contributed by atoms with Gasteiger partial charge < -0.3 is 41.0 Å². The van der Waals surface area contributed by atoms with Gasteiger partial charge in [-0.3, -0.25) is 0 Å². The number of ether oxygens (including phenoxy) is 4. The van der Waals surface area contributed by atoms with Crippen molar-refractivity contribution in [3.63, 3.8) is 0 Å². The molecule has 0 radical (unpaired) electrons. The number of fused-ring (bicyclic) bond motifs is 8. The summed E-state index contributed by atoms with van der Waals surface area (Å²) in [5, 5.41) is 6.49. The van der Waals surface area contributed by atoms with Crippen LogP contribution in [0, 0.1) is 0 Å². The summed E-state index contributed by atoms with van der Waals surface area (Å²) in [5.41, 5.74) is 20.5. The number of benzene rings is 4. The summed E-state index contributed by atoms with van der Waals surface area (Å²) in [6.07, 6.45) is 1.86. The van der Waals surface area contributed by atoms with Crippen LogP contribution in [0.5, 0.6) is 23.0 Å². The van der Waals surface area contributed by atoms with Gasteiger partial charge in [-0.25, -0.2) is 0 Å². The molecule has 0 saturated carbocycles. The summed E-state index contributed by atoms with van der Waals surface area (Å²) >= 11 is 12.2. The highest BCUT2D eigenvalue weighted by molar-refractivity contribution is 6.28. The van der Waals surface area contributed by atoms with E-state index in [9.17, 15) is 0 Å². The fraction of sp³-hybridized carbons (Fsp3) is 0.211. The number of nitrogens with zero attached hydrogens (tertiary/aromatic N) is 6. The number of nitrogen functional groups attached to an aromatic ring is 2. The Balaban J connectivity index is 1.43. The van der Waals surface area contributed by atoms with E-state index in [4.69, 9.17) is 53.6 Å². The van der Waals surface area contributed by atoms with Gasteiger partial charge in [0.05, 0.1) is 28.4 Å². The molecule has 1 aliphatic rings. The Morgan fingerprint density at radius 1 is 0.463 bits per heavy atom. The number of halogens is 2. The molecule has 14 nitrogen and oxygen atoms in total. The van der Waals surface area contributed by atoms with E-state index in [1.54, 1.807) is 28.4 Å². The molecule has 0 amide bonds. The van der Waals surface area contributed by atoms with Crippen LogP contribution in [-0.4, -0.2) is 58.3 Å². The number of anilines is 6. The second-order valence-electron chi connectivity index (χ2n) is 12.4. The summed E-state index contributed by atoms with van der Waals surface area (Å²) in [6.45, 7) is 0. The molecule has 0 aliphatic heterocycles. The van der Waals surface area contributed by atoms with Crippen LogP contribution in [0.4, 0.5) is 35.2 Å². The van der Waals surface area contributed by atoms with Gasteiger partial charge >= 0.3 is 0 Å². The van der Waals surface area contributed by atoms with Crippen molar-refractivity contribution in [2.24, 2.45) is 0 Å². The Labute approximate surface area is 321 Å². The monoisotopic (exact) mass is 766 g/mol. The lowest BCUT2D eigenvalue weighted by Gasteiger charge is -2.22. The van der Waals surface area contributed by atoms with Crippen molar-refractivity contribution >= 4 is 58.4 Å². The van der Waals surface area contributed by atoms with E-state index in [2.05, 4.69) is 40.5 Å². The molecule has 2 aromatic heterocycles. The lowest BCUT2D eigenvalue weighted by Crippen LogP contribution is -2.08. The Kier molecular flexibility index (Phi) is 10.4. The number of methoxy groups -OCH3 is 4. The predicted molar refractivity (Wildman–Crippen MR) is 208 cm³/mol. The van der Waals surface area contributed by atoms with Crippen LogP contribution in [0.1, 0.15) is 44.5 Å². The maximum Gasteiger partial charge on any atom is 0.233 e. The molecule has 16 heteroatoms. The minimum absolute atomic E-state index is 0.000156. The van der Waals surface area contributed by atoms with Gasteiger partial charge in [-0.2, -0.15) is 29.9 Å². The minimum Gasteiger partial charge on any atom is -0.496 e. The van der Waals surface area contributed by atoms with Crippen LogP contribution in [0.25, 0.3) is 0 Å². The fourth-order valence-corrected chi connectivity index (χ4v) is 7.31. The first kappa shape index (κ1) is 36.2. The molecule has 4 aromatic carbocycles. The van der Waals surface area contributed by atoms with Crippen molar-refractivity contribution in [2.75, 3.05) is 50.5 Å². The van der Waals surface area contributed by atoms with Crippen LogP contribution in [0.2, 0.25) is 10.6 Å². The zero-order valence-electron chi connectivity index (χ0n) is 29.8. The molecule has 2 heterocycles. The van der Waals surface area contributed by atoms with Crippen LogP contribution < -0.4 is 41.0 Å². The van der Waals surface area contributed by atoms with Crippen molar-refractivity contribution in [1.82, 2.24) is 29.9 Å². The molecular weight excluding hydrogens is 731 g/mol. The first-order valence-corrected chi connectivity index (χ1v) is 17.5. The van der Waals surface area contributed by atoms with E-state index >= 15 is 0 Å². The van der Waals surface area contributed by atoms with Gasteiger partial charge in [0.2, 0.25) is 34.4 Å². The Morgan fingerprint density at radius 2 is 0.759 bits per heavy atom. The zero-order valence-corrected chi connectivity index (χ0v) is 31.3. The van der Waals surface area contributed by atoms with Gasteiger partial charge in [-0.05, 0) is 69.7 Å². The smallest absolute Gasteiger partial charge is 0.233 e. The molecule has 54 heavy (non-hydrogen) atoms. The van der Waals surface area contributed by atoms with Crippen molar-refractivity contribution in [3.05, 3.63) is 116 Å². The number of hydrogen-bond donors (Lipinski definition) is 4. The third-order valence-electron chi connectivity index (χ3n) is 8.95. The maximum atomic E-state index is 6.15. The molecule has 6 N–H and O–H groups in total. The molecule has 276 valence electrons. The molecule has 0 atom stereocenters. The highest BCUT2D eigenvalue weighted by Gasteiger charge is 2.23. The van der Waals surface area contributed by atoms with Crippen LogP contribution in [0.3, 0.4) is 0 Å². The minimum atomic E-state index is -0.0207. The van der Waals surface area contributed by atoms with Gasteiger partial charge in [0, 0.05) is 59.3 Å². The first-order chi connectivity index (χ1) is 26.1. The Hall–Kier alpha value is -6.12. The summed E-state index contributed by atoms with van der Waals surface area (Å²) < 4.78 is 24.6. The highest BCUT2D eigenvalue weighted by atomic mass is 35.5. The Morgan fingerprint density at radius 3 is 1.04 bits per heavy atom. The van der Waals surface area contributed by atoms with Crippen LogP contribution in [0.15, 0.2) is 60.7 Å². The molecule has 0 unspecified atom stereocenters. The predicted octanol–water partition coefficient (Wildman–Crippen LogP) is 6.73. The molecule has 1 aliphatic carbocycles. The third kappa shape index (κ3) is 7.65. The van der Waals surface area contributed by atoms with Crippen molar-refractivity contribution < 1.29 is 18.9 Å². The molecular formula is C38H36Cl2N10O4. The van der Waals surface area contributed by atoms with Crippen molar-refractivity contribution in [3.8, 4) is 23.0 Å². The largest absolute Gasteiger partial charge is 0.496 e. The van der Waals surface area contributed by atoms with Crippen LogP contribution >= 0.6 is 23.2 Å². The molecule has 7 rings (SSSR count). The summed E-state index contributed by atoms with van der Waals surface area (Å²) in [5.74, 6) is 3.33. The van der Waals surface area contributed by atoms with E-state index in [0.717, 1.165) is 67.5 Å². The normalized spacial score (nSPS) is 12.1. The average molecular weight is 768 g/mol. The second kappa shape index (κ2) is 15.5. The lowest BCUT2D eigenvalue weighted by molar-refractivity contribution is 0.396. The summed E-state index contributed by atoms with van der Waals surface area (Å²) in [7, 11) is 6.69. The highest BCUT2D eigenvalue weighted by Crippen LogP contribution is 2.41. The lowest BCUT2D eigenvalue weighted by atomic mass is 9.90. The van der Waals surface area contributed by atoms with Gasteiger partial charge in [0.1, 0.15) is 23.0 Å². The van der Waals surface area contributed by atoms with Crippen molar-refractivity contribution in [2.45, 2.75) is 25.7 Å². The molecule has 0 spiro atoms.